The average Bonchev–Trinajstić information content (AvgIpc) is 3.35. The van der Waals surface area contributed by atoms with Gasteiger partial charge in [-0.25, -0.2) is 4.68 Å². The smallest absolute Gasteiger partial charge is 0.267 e. The molecule has 1 saturated carbocycles. The molecule has 4 aromatic rings. The van der Waals surface area contributed by atoms with E-state index < -0.39 is 0 Å². The molecule has 0 bridgehead atoms. The molecule has 9 heteroatoms. The van der Waals surface area contributed by atoms with Gasteiger partial charge in [-0.05, 0) is 78.5 Å². The zero-order valence-corrected chi connectivity index (χ0v) is 24.6. The molecule has 3 N–H and O–H groups in total. The average molecular weight is 569 g/mol. The molecule has 1 aromatic carbocycles. The Morgan fingerprint density at radius 2 is 2.07 bits per heavy atom. The van der Waals surface area contributed by atoms with Gasteiger partial charge in [0, 0.05) is 46.5 Å². The molecule has 1 saturated heterocycles. The molecule has 212 valence electrons. The van der Waals surface area contributed by atoms with Crippen LogP contribution >= 0.6 is 11.3 Å². The van der Waals surface area contributed by atoms with Crippen molar-refractivity contribution in [3.05, 3.63) is 74.6 Å². The summed E-state index contributed by atoms with van der Waals surface area (Å²) in [5.74, 6) is 1.25. The lowest BCUT2D eigenvalue weighted by molar-refractivity contribution is 0.255. The quantitative estimate of drug-likeness (QED) is 0.317. The Bertz CT molecular complexity index is 1690. The van der Waals surface area contributed by atoms with Crippen LogP contribution in [0.4, 0.5) is 5.69 Å². The zero-order valence-electron chi connectivity index (χ0n) is 23.8. The number of aliphatic hydroxyl groups excluding tert-OH is 1. The van der Waals surface area contributed by atoms with Crippen molar-refractivity contribution in [2.75, 3.05) is 25.0 Å². The number of anilines is 1. The molecule has 1 aliphatic carbocycles. The highest BCUT2D eigenvalue weighted by Crippen LogP contribution is 2.55. The van der Waals surface area contributed by atoms with E-state index in [4.69, 9.17) is 5.11 Å². The van der Waals surface area contributed by atoms with Crippen LogP contribution in [0.25, 0.3) is 21.3 Å². The second-order valence-corrected chi connectivity index (χ2v) is 13.5. The summed E-state index contributed by atoms with van der Waals surface area (Å²) >= 11 is 1.63. The fourth-order valence-corrected chi connectivity index (χ4v) is 6.94. The molecule has 8 nitrogen and oxygen atoms in total. The van der Waals surface area contributed by atoms with Gasteiger partial charge in [-0.1, -0.05) is 20.8 Å². The van der Waals surface area contributed by atoms with E-state index >= 15 is 0 Å². The first kappa shape index (κ1) is 27.6. The Morgan fingerprint density at radius 3 is 2.76 bits per heavy atom. The van der Waals surface area contributed by atoms with Gasteiger partial charge in [0.05, 0.1) is 41.2 Å². The van der Waals surface area contributed by atoms with Crippen LogP contribution in [0.5, 0.6) is 0 Å². The maximum Gasteiger partial charge on any atom is 0.267 e. The van der Waals surface area contributed by atoms with Crippen LogP contribution < -0.4 is 16.2 Å². The van der Waals surface area contributed by atoms with Gasteiger partial charge >= 0.3 is 0 Å². The largest absolute Gasteiger partial charge is 0.395 e. The molecular formula is C32H36N6O2S. The number of benzene rings is 1. The second-order valence-electron chi connectivity index (χ2n) is 12.3. The van der Waals surface area contributed by atoms with Crippen LogP contribution in [-0.4, -0.2) is 45.6 Å². The highest BCUT2D eigenvalue weighted by atomic mass is 32.1. The van der Waals surface area contributed by atoms with E-state index in [2.05, 4.69) is 47.6 Å². The van der Waals surface area contributed by atoms with Crippen molar-refractivity contribution < 1.29 is 5.11 Å². The summed E-state index contributed by atoms with van der Waals surface area (Å²) in [5, 5.41) is 29.4. The van der Waals surface area contributed by atoms with E-state index in [9.17, 15) is 10.1 Å². The number of aliphatic hydroxyl groups is 1. The van der Waals surface area contributed by atoms with Gasteiger partial charge in [0.25, 0.3) is 5.56 Å². The Hall–Kier alpha value is -3.58. The summed E-state index contributed by atoms with van der Waals surface area (Å²) in [5.41, 5.74) is 6.85. The maximum atomic E-state index is 12.7. The first-order valence-corrected chi connectivity index (χ1v) is 15.2. The molecule has 3 aliphatic rings. The minimum absolute atomic E-state index is 0.1000. The molecular weight excluding hydrogens is 532 g/mol. The van der Waals surface area contributed by atoms with Gasteiger partial charge in [0.15, 0.2) is 0 Å². The highest BCUT2D eigenvalue weighted by Gasteiger charge is 2.43. The molecule has 2 fully saturated rings. The predicted octanol–water partition coefficient (Wildman–Crippen LogP) is 5.00. The molecule has 41 heavy (non-hydrogen) atoms. The summed E-state index contributed by atoms with van der Waals surface area (Å²) < 4.78 is 2.57. The molecule has 7 rings (SSSR count). The third-order valence-corrected chi connectivity index (χ3v) is 9.48. The molecule has 3 aromatic heterocycles. The van der Waals surface area contributed by atoms with E-state index in [1.165, 1.54) is 23.1 Å². The third kappa shape index (κ3) is 5.65. The lowest BCUT2D eigenvalue weighted by Crippen LogP contribution is -2.25. The Kier molecular flexibility index (Phi) is 7.41. The zero-order chi connectivity index (χ0) is 28.7. The van der Waals surface area contributed by atoms with Crippen molar-refractivity contribution in [1.82, 2.24) is 20.1 Å². The number of nitrogens with one attached hydrogen (secondary N) is 2. The second kappa shape index (κ2) is 11.0. The van der Waals surface area contributed by atoms with Crippen LogP contribution in [0.3, 0.4) is 0 Å². The lowest BCUT2D eigenvalue weighted by Gasteiger charge is -2.22. The normalized spacial score (nSPS) is 20.8. The fraction of sp³-hybridized carbons (Fsp3) is 0.438. The van der Waals surface area contributed by atoms with E-state index in [-0.39, 0.29) is 11.0 Å². The topological polar surface area (TPSA) is 116 Å². The van der Waals surface area contributed by atoms with Crippen LogP contribution in [0.1, 0.15) is 67.5 Å². The number of fused-ring (bicyclic) bond motifs is 4. The van der Waals surface area contributed by atoms with E-state index in [1.54, 1.807) is 23.6 Å². The van der Waals surface area contributed by atoms with Gasteiger partial charge in [0.2, 0.25) is 0 Å². The maximum absolute atomic E-state index is 12.7. The fourth-order valence-electron chi connectivity index (χ4n) is 5.82. The number of nitriles is 1. The molecule has 5 heterocycles. The van der Waals surface area contributed by atoms with Gasteiger partial charge in [-0.3, -0.25) is 9.78 Å². The van der Waals surface area contributed by atoms with Crippen LogP contribution in [0, 0.1) is 17.2 Å². The van der Waals surface area contributed by atoms with Crippen LogP contribution in [0.2, 0.25) is 0 Å². The number of thiophene rings is 1. The SMILES string of the molecule is CC(C)(C)c1cnn(Cc2cc3nccc(-c4cc(C#N)cc5c4NCC4CC54)c3s2)c(=O)c1.OCC1CCCN1. The van der Waals surface area contributed by atoms with E-state index in [1.807, 2.05) is 30.5 Å². The van der Waals surface area contributed by atoms with Gasteiger partial charge < -0.3 is 15.7 Å². The predicted molar refractivity (Wildman–Crippen MR) is 164 cm³/mol. The van der Waals surface area contributed by atoms with E-state index in [0.717, 1.165) is 57.0 Å². The van der Waals surface area contributed by atoms with Crippen LogP contribution in [-0.2, 0) is 12.0 Å². The van der Waals surface area contributed by atoms with Crippen molar-refractivity contribution in [2.24, 2.45) is 5.92 Å². The van der Waals surface area contributed by atoms with Crippen molar-refractivity contribution in [3.63, 3.8) is 0 Å². The molecule has 0 amide bonds. The first-order chi connectivity index (χ1) is 19.7. The summed E-state index contributed by atoms with van der Waals surface area (Å²) in [7, 11) is 0. The molecule has 3 atom stereocenters. The Morgan fingerprint density at radius 1 is 1.22 bits per heavy atom. The van der Waals surface area contributed by atoms with Crippen molar-refractivity contribution in [2.45, 2.75) is 64.0 Å². The Labute approximate surface area is 244 Å². The summed E-state index contributed by atoms with van der Waals surface area (Å²) in [4.78, 5) is 18.3. The molecule has 0 spiro atoms. The number of nitrogens with zero attached hydrogens (tertiary/aromatic N) is 4. The van der Waals surface area contributed by atoms with Gasteiger partial charge in [0.1, 0.15) is 0 Å². The van der Waals surface area contributed by atoms with Crippen molar-refractivity contribution in [1.29, 1.82) is 5.26 Å². The summed E-state index contributed by atoms with van der Waals surface area (Å²) in [6.45, 7) is 9.01. The minimum Gasteiger partial charge on any atom is -0.395 e. The summed E-state index contributed by atoms with van der Waals surface area (Å²) in [6.07, 6.45) is 7.18. The first-order valence-electron chi connectivity index (χ1n) is 14.4. The number of rotatable bonds is 4. The van der Waals surface area contributed by atoms with E-state index in [0.29, 0.717) is 36.6 Å². The number of aromatic nitrogens is 3. The van der Waals surface area contributed by atoms with Crippen molar-refractivity contribution >= 4 is 27.2 Å². The standard InChI is InChI=1S/C27H25N5OS.C5H11NO/c1-27(2,3)17-9-24(33)32(31-13-17)14-18-10-23-26(34-18)19(4-5-29-23)21-6-15(11-28)7-22-20-8-16(20)12-30-25(21)22;7-4-5-2-1-3-6-5/h4-7,9-10,13,16,20,30H,8,12,14H2,1-3H3;5-7H,1-4H2. The van der Waals surface area contributed by atoms with Gasteiger partial charge in [-0.2, -0.15) is 10.4 Å². The molecule has 2 aliphatic heterocycles. The van der Waals surface area contributed by atoms with Crippen LogP contribution in [0.15, 0.2) is 47.5 Å². The lowest BCUT2D eigenvalue weighted by atomic mass is 9.89. The monoisotopic (exact) mass is 568 g/mol. The minimum atomic E-state index is -0.118. The molecule has 0 radical (unpaired) electrons. The van der Waals surface area contributed by atoms with Gasteiger partial charge in [-0.15, -0.1) is 11.3 Å². The number of hydrogen-bond donors (Lipinski definition) is 3. The third-order valence-electron chi connectivity index (χ3n) is 8.34. The highest BCUT2D eigenvalue weighted by molar-refractivity contribution is 7.19. The van der Waals surface area contributed by atoms with Crippen molar-refractivity contribution in [3.8, 4) is 17.2 Å². The number of hydrogen-bond acceptors (Lipinski definition) is 8. The molecule has 3 unspecified atom stereocenters. The number of pyridine rings is 1. The Balaban J connectivity index is 0.000000380. The summed E-state index contributed by atoms with van der Waals surface area (Å²) in [6, 6.07) is 12.5.